The van der Waals surface area contributed by atoms with E-state index >= 15 is 0 Å². The van der Waals surface area contributed by atoms with Crippen LogP contribution < -0.4 is 10.3 Å². The normalized spacial score (nSPS) is 18.5. The van der Waals surface area contributed by atoms with Crippen molar-refractivity contribution in [3.63, 3.8) is 0 Å². The minimum absolute atomic E-state index is 0.0235. The van der Waals surface area contributed by atoms with Crippen molar-refractivity contribution in [2.45, 2.75) is 24.3 Å². The summed E-state index contributed by atoms with van der Waals surface area (Å²) >= 11 is 0. The lowest BCUT2D eigenvalue weighted by Crippen LogP contribution is -2.19. The molecule has 1 aliphatic heterocycles. The number of benzene rings is 1. The third kappa shape index (κ3) is 3.44. The Bertz CT molecular complexity index is 811. The first-order valence-corrected chi connectivity index (χ1v) is 9.41. The molecular formula is C18H21NO4S. The maximum absolute atomic E-state index is 12.0. The fourth-order valence-electron chi connectivity index (χ4n) is 2.83. The molecular weight excluding hydrogens is 326 g/mol. The molecule has 0 saturated carbocycles. The number of aromatic nitrogens is 1. The Morgan fingerprint density at radius 3 is 2.75 bits per heavy atom. The standard InChI is InChI=1S/C18H21NO4S/c1-12-8-13(10-19(2)18(12)20)16-9-15(24(3)21)4-5-17(16)23-14-6-7-22-11-14/h4-5,8-10,14H,6-7,11H2,1-3H3. The zero-order valence-electron chi connectivity index (χ0n) is 14.1. The van der Waals surface area contributed by atoms with Gasteiger partial charge >= 0.3 is 0 Å². The molecule has 6 heteroatoms. The molecule has 2 unspecified atom stereocenters. The summed E-state index contributed by atoms with van der Waals surface area (Å²) in [6, 6.07) is 7.39. The smallest absolute Gasteiger partial charge is 0.253 e. The van der Waals surface area contributed by atoms with Crippen LogP contribution in [0, 0.1) is 6.92 Å². The number of hydrogen-bond donors (Lipinski definition) is 0. The fourth-order valence-corrected chi connectivity index (χ4v) is 3.37. The second kappa shape index (κ2) is 6.91. The molecule has 2 atom stereocenters. The molecule has 1 saturated heterocycles. The summed E-state index contributed by atoms with van der Waals surface area (Å²) in [6.07, 6.45) is 4.31. The molecule has 5 nitrogen and oxygen atoms in total. The number of aryl methyl sites for hydroxylation is 2. The highest BCUT2D eigenvalue weighted by Gasteiger charge is 2.20. The van der Waals surface area contributed by atoms with Crippen molar-refractivity contribution in [1.29, 1.82) is 0 Å². The van der Waals surface area contributed by atoms with E-state index in [2.05, 4.69) is 0 Å². The van der Waals surface area contributed by atoms with Crippen LogP contribution in [0.5, 0.6) is 5.75 Å². The summed E-state index contributed by atoms with van der Waals surface area (Å²) < 4.78 is 24.9. The van der Waals surface area contributed by atoms with Crippen LogP contribution in [0.2, 0.25) is 0 Å². The van der Waals surface area contributed by atoms with Gasteiger partial charge in [-0.05, 0) is 31.2 Å². The van der Waals surface area contributed by atoms with E-state index in [4.69, 9.17) is 9.47 Å². The Morgan fingerprint density at radius 1 is 1.33 bits per heavy atom. The van der Waals surface area contributed by atoms with E-state index in [0.29, 0.717) is 18.8 Å². The monoisotopic (exact) mass is 347 g/mol. The molecule has 3 rings (SSSR count). The zero-order valence-corrected chi connectivity index (χ0v) is 14.9. The first-order valence-electron chi connectivity index (χ1n) is 7.85. The third-order valence-corrected chi connectivity index (χ3v) is 5.06. The average Bonchev–Trinajstić information content (AvgIpc) is 3.05. The molecule has 1 aromatic heterocycles. The fraction of sp³-hybridized carbons (Fsp3) is 0.389. The predicted molar refractivity (Wildman–Crippen MR) is 94.0 cm³/mol. The van der Waals surface area contributed by atoms with Gasteiger partial charge < -0.3 is 14.0 Å². The Balaban J connectivity index is 2.10. The summed E-state index contributed by atoms with van der Waals surface area (Å²) in [5, 5.41) is 0. The second-order valence-corrected chi connectivity index (χ2v) is 7.42. The van der Waals surface area contributed by atoms with Crippen LogP contribution in [-0.4, -0.2) is 34.3 Å². The highest BCUT2D eigenvalue weighted by atomic mass is 32.2. The Kier molecular flexibility index (Phi) is 4.87. The molecule has 24 heavy (non-hydrogen) atoms. The van der Waals surface area contributed by atoms with E-state index in [0.717, 1.165) is 28.2 Å². The number of rotatable bonds is 4. The number of pyridine rings is 1. The van der Waals surface area contributed by atoms with Crippen molar-refractivity contribution in [3.05, 3.63) is 46.4 Å². The largest absolute Gasteiger partial charge is 0.487 e. The Labute approximate surface area is 143 Å². The molecule has 2 aromatic rings. The molecule has 0 N–H and O–H groups in total. The third-order valence-electron chi connectivity index (χ3n) is 4.14. The van der Waals surface area contributed by atoms with E-state index in [9.17, 15) is 9.00 Å². The zero-order chi connectivity index (χ0) is 17.3. The Hall–Kier alpha value is -1.92. The van der Waals surface area contributed by atoms with Gasteiger partial charge in [0.05, 0.1) is 13.2 Å². The molecule has 1 aliphatic rings. The summed E-state index contributed by atoms with van der Waals surface area (Å²) in [4.78, 5) is 12.7. The lowest BCUT2D eigenvalue weighted by molar-refractivity contribution is 0.141. The summed E-state index contributed by atoms with van der Waals surface area (Å²) in [7, 11) is 0.639. The quantitative estimate of drug-likeness (QED) is 0.851. The molecule has 1 fully saturated rings. The maximum atomic E-state index is 12.0. The highest BCUT2D eigenvalue weighted by molar-refractivity contribution is 7.84. The van der Waals surface area contributed by atoms with Crippen molar-refractivity contribution < 1.29 is 13.7 Å². The van der Waals surface area contributed by atoms with Gasteiger partial charge in [0, 0.05) is 58.3 Å². The van der Waals surface area contributed by atoms with Gasteiger partial charge in [0.25, 0.3) is 5.56 Å². The van der Waals surface area contributed by atoms with Crippen LogP contribution in [0.4, 0.5) is 0 Å². The van der Waals surface area contributed by atoms with Gasteiger partial charge in [0.1, 0.15) is 11.9 Å². The number of nitrogens with zero attached hydrogens (tertiary/aromatic N) is 1. The summed E-state index contributed by atoms with van der Waals surface area (Å²) in [6.45, 7) is 3.07. The second-order valence-electron chi connectivity index (χ2n) is 6.04. The minimum Gasteiger partial charge on any atom is -0.487 e. The van der Waals surface area contributed by atoms with Crippen LogP contribution in [0.3, 0.4) is 0 Å². The summed E-state index contributed by atoms with van der Waals surface area (Å²) in [5.74, 6) is 0.720. The van der Waals surface area contributed by atoms with Crippen molar-refractivity contribution in [1.82, 2.24) is 4.57 Å². The van der Waals surface area contributed by atoms with E-state index in [1.165, 1.54) is 0 Å². The Morgan fingerprint density at radius 2 is 2.12 bits per heavy atom. The molecule has 1 aromatic carbocycles. The minimum atomic E-state index is -1.09. The van der Waals surface area contributed by atoms with Crippen molar-refractivity contribution >= 4 is 10.8 Å². The topological polar surface area (TPSA) is 57.5 Å². The van der Waals surface area contributed by atoms with Crippen molar-refractivity contribution in [2.24, 2.45) is 7.05 Å². The molecule has 128 valence electrons. The molecule has 0 bridgehead atoms. The van der Waals surface area contributed by atoms with E-state index in [1.54, 1.807) is 31.0 Å². The number of hydrogen-bond acceptors (Lipinski definition) is 4. The van der Waals surface area contributed by atoms with Gasteiger partial charge in [-0.2, -0.15) is 0 Å². The van der Waals surface area contributed by atoms with Crippen LogP contribution in [0.1, 0.15) is 12.0 Å². The van der Waals surface area contributed by atoms with Crippen LogP contribution in [0.15, 0.2) is 40.2 Å². The van der Waals surface area contributed by atoms with Gasteiger partial charge in [-0.1, -0.05) is 0 Å². The molecule has 2 heterocycles. The maximum Gasteiger partial charge on any atom is 0.253 e. The molecule has 0 aliphatic carbocycles. The number of ether oxygens (including phenoxy) is 2. The van der Waals surface area contributed by atoms with Crippen molar-refractivity contribution in [2.75, 3.05) is 19.5 Å². The average molecular weight is 347 g/mol. The van der Waals surface area contributed by atoms with Crippen LogP contribution in [-0.2, 0) is 22.6 Å². The van der Waals surface area contributed by atoms with E-state index in [1.807, 2.05) is 24.3 Å². The lowest BCUT2D eigenvalue weighted by atomic mass is 10.0. The van der Waals surface area contributed by atoms with Crippen molar-refractivity contribution in [3.8, 4) is 16.9 Å². The van der Waals surface area contributed by atoms with Gasteiger partial charge in [-0.3, -0.25) is 9.00 Å². The SMILES string of the molecule is Cc1cc(-c2cc(S(C)=O)ccc2OC2CCOC2)cn(C)c1=O. The van der Waals surface area contributed by atoms with Crippen LogP contribution in [0.25, 0.3) is 11.1 Å². The van der Waals surface area contributed by atoms with Crippen LogP contribution >= 0.6 is 0 Å². The molecule has 0 amide bonds. The highest BCUT2D eigenvalue weighted by Crippen LogP contribution is 2.33. The predicted octanol–water partition coefficient (Wildman–Crippen LogP) is 2.27. The lowest BCUT2D eigenvalue weighted by Gasteiger charge is -2.17. The summed E-state index contributed by atoms with van der Waals surface area (Å²) in [5.41, 5.74) is 2.35. The van der Waals surface area contributed by atoms with Gasteiger partial charge in [0.15, 0.2) is 0 Å². The molecule has 0 radical (unpaired) electrons. The van der Waals surface area contributed by atoms with Gasteiger partial charge in [-0.25, -0.2) is 0 Å². The first kappa shape index (κ1) is 16.9. The van der Waals surface area contributed by atoms with E-state index in [-0.39, 0.29) is 11.7 Å². The van der Waals surface area contributed by atoms with E-state index < -0.39 is 10.8 Å². The van der Waals surface area contributed by atoms with Gasteiger partial charge in [-0.15, -0.1) is 0 Å². The molecule has 0 spiro atoms. The van der Waals surface area contributed by atoms with Gasteiger partial charge in [0.2, 0.25) is 0 Å². The first-order chi connectivity index (χ1) is 11.5.